The molecule has 1 aliphatic carbocycles. The molecule has 1 aromatic carbocycles. The van der Waals surface area contributed by atoms with E-state index in [1.807, 2.05) is 24.3 Å². The molecule has 3 N–H and O–H groups in total. The molecule has 0 spiro atoms. The van der Waals surface area contributed by atoms with Gasteiger partial charge in [-0.05, 0) is 40.9 Å². The van der Waals surface area contributed by atoms with Crippen molar-refractivity contribution in [2.45, 2.75) is 44.2 Å². The molecule has 0 heterocycles. The molecule has 20 heavy (non-hydrogen) atoms. The van der Waals surface area contributed by atoms with E-state index in [1.54, 1.807) is 0 Å². The first-order chi connectivity index (χ1) is 9.66. The number of hydrogen-bond donors (Lipinski definition) is 2. The molecule has 1 saturated carbocycles. The van der Waals surface area contributed by atoms with E-state index >= 15 is 0 Å². The van der Waals surface area contributed by atoms with E-state index in [2.05, 4.69) is 21.2 Å². The lowest BCUT2D eigenvalue weighted by Gasteiger charge is -2.21. The maximum atomic E-state index is 11.9. The molecule has 1 fully saturated rings. The van der Waals surface area contributed by atoms with Gasteiger partial charge in [-0.1, -0.05) is 31.4 Å². The van der Waals surface area contributed by atoms with Gasteiger partial charge in [0.05, 0.1) is 11.8 Å². The number of benzene rings is 1. The van der Waals surface area contributed by atoms with Crippen LogP contribution in [0.4, 0.5) is 5.69 Å². The average molecular weight is 341 g/mol. The normalized spacial score (nSPS) is 23.1. The third kappa shape index (κ3) is 4.58. The second kappa shape index (κ2) is 7.76. The lowest BCUT2D eigenvalue weighted by molar-refractivity contribution is -0.123. The van der Waals surface area contributed by atoms with E-state index in [9.17, 15) is 4.79 Å². The van der Waals surface area contributed by atoms with Crippen LogP contribution in [0.3, 0.4) is 0 Å². The highest BCUT2D eigenvalue weighted by Gasteiger charge is 2.21. The SMILES string of the molecule is NC1CCCCCC1OCC(=O)Nc1ccccc1Br. The maximum Gasteiger partial charge on any atom is 0.250 e. The summed E-state index contributed by atoms with van der Waals surface area (Å²) in [6.45, 7) is 0.0553. The lowest BCUT2D eigenvalue weighted by atomic mass is 10.1. The van der Waals surface area contributed by atoms with Crippen molar-refractivity contribution < 1.29 is 9.53 Å². The van der Waals surface area contributed by atoms with Crippen LogP contribution in [0.2, 0.25) is 0 Å². The molecule has 0 radical (unpaired) electrons. The Hall–Kier alpha value is -0.910. The zero-order valence-corrected chi connectivity index (χ0v) is 13.1. The van der Waals surface area contributed by atoms with Gasteiger partial charge in [0.15, 0.2) is 0 Å². The van der Waals surface area contributed by atoms with Crippen LogP contribution in [-0.2, 0) is 9.53 Å². The van der Waals surface area contributed by atoms with Crippen LogP contribution in [0.15, 0.2) is 28.7 Å². The summed E-state index contributed by atoms with van der Waals surface area (Å²) < 4.78 is 6.56. The van der Waals surface area contributed by atoms with Gasteiger partial charge in [0.1, 0.15) is 6.61 Å². The molecule has 0 saturated heterocycles. The Morgan fingerprint density at radius 1 is 1.30 bits per heavy atom. The number of rotatable bonds is 4. The predicted molar refractivity (Wildman–Crippen MR) is 83.6 cm³/mol. The number of hydrogen-bond acceptors (Lipinski definition) is 3. The van der Waals surface area contributed by atoms with Gasteiger partial charge in [-0.2, -0.15) is 0 Å². The van der Waals surface area contributed by atoms with Crippen LogP contribution in [0, 0.1) is 0 Å². The summed E-state index contributed by atoms with van der Waals surface area (Å²) in [4.78, 5) is 11.9. The molecule has 4 nitrogen and oxygen atoms in total. The highest BCUT2D eigenvalue weighted by atomic mass is 79.9. The molecule has 2 unspecified atom stereocenters. The number of carbonyl (C=O) groups is 1. The van der Waals surface area contributed by atoms with Gasteiger partial charge >= 0.3 is 0 Å². The van der Waals surface area contributed by atoms with Crippen LogP contribution in [0.25, 0.3) is 0 Å². The van der Waals surface area contributed by atoms with Gasteiger partial charge in [-0.25, -0.2) is 0 Å². The third-order valence-electron chi connectivity index (χ3n) is 3.58. The monoisotopic (exact) mass is 340 g/mol. The van der Waals surface area contributed by atoms with Crippen molar-refractivity contribution in [3.63, 3.8) is 0 Å². The van der Waals surface area contributed by atoms with Gasteiger partial charge in [-0.3, -0.25) is 4.79 Å². The molecule has 0 bridgehead atoms. The van der Waals surface area contributed by atoms with Gasteiger partial charge in [0.2, 0.25) is 5.91 Å². The van der Waals surface area contributed by atoms with Crippen molar-refractivity contribution >= 4 is 27.5 Å². The quantitative estimate of drug-likeness (QED) is 0.828. The highest BCUT2D eigenvalue weighted by molar-refractivity contribution is 9.10. The van der Waals surface area contributed by atoms with E-state index in [4.69, 9.17) is 10.5 Å². The number of halogens is 1. The number of para-hydroxylation sites is 1. The summed E-state index contributed by atoms with van der Waals surface area (Å²) in [5, 5.41) is 2.83. The van der Waals surface area contributed by atoms with Crippen molar-refractivity contribution in [1.82, 2.24) is 0 Å². The smallest absolute Gasteiger partial charge is 0.250 e. The maximum absolute atomic E-state index is 11.9. The Bertz CT molecular complexity index is 453. The fraction of sp³-hybridized carbons (Fsp3) is 0.533. The van der Waals surface area contributed by atoms with Gasteiger partial charge in [-0.15, -0.1) is 0 Å². The number of ether oxygens (including phenoxy) is 1. The Morgan fingerprint density at radius 3 is 2.85 bits per heavy atom. The van der Waals surface area contributed by atoms with Crippen LogP contribution >= 0.6 is 15.9 Å². The van der Waals surface area contributed by atoms with Crippen LogP contribution in [-0.4, -0.2) is 24.7 Å². The van der Waals surface area contributed by atoms with E-state index in [0.717, 1.165) is 35.8 Å². The minimum Gasteiger partial charge on any atom is -0.367 e. The summed E-state index contributed by atoms with van der Waals surface area (Å²) in [7, 11) is 0. The number of anilines is 1. The largest absolute Gasteiger partial charge is 0.367 e. The fourth-order valence-corrected chi connectivity index (χ4v) is 2.82. The van der Waals surface area contributed by atoms with Gasteiger partial charge in [0.25, 0.3) is 0 Å². The van der Waals surface area contributed by atoms with Crippen molar-refractivity contribution in [1.29, 1.82) is 0 Å². The molecule has 1 aromatic rings. The molecule has 0 aliphatic heterocycles. The summed E-state index contributed by atoms with van der Waals surface area (Å²) in [6, 6.07) is 7.56. The molecule has 1 amide bonds. The Kier molecular flexibility index (Phi) is 6.01. The predicted octanol–water partition coefficient (Wildman–Crippen LogP) is 3.06. The molecule has 2 atom stereocenters. The van der Waals surface area contributed by atoms with E-state index < -0.39 is 0 Å². The fourth-order valence-electron chi connectivity index (χ4n) is 2.44. The number of nitrogens with two attached hydrogens (primary N) is 1. The van der Waals surface area contributed by atoms with Crippen molar-refractivity contribution in [3.8, 4) is 0 Å². The van der Waals surface area contributed by atoms with Crippen LogP contribution in [0.5, 0.6) is 0 Å². The van der Waals surface area contributed by atoms with E-state index in [0.29, 0.717) is 0 Å². The lowest BCUT2D eigenvalue weighted by Crippen LogP contribution is -2.37. The average Bonchev–Trinajstić information content (AvgIpc) is 2.64. The molecule has 2 rings (SSSR count). The van der Waals surface area contributed by atoms with Gasteiger partial charge in [0, 0.05) is 10.5 Å². The molecular formula is C15H21BrN2O2. The number of amides is 1. The van der Waals surface area contributed by atoms with E-state index in [-0.39, 0.29) is 24.7 Å². The van der Waals surface area contributed by atoms with Crippen molar-refractivity contribution in [2.24, 2.45) is 5.73 Å². The molecular weight excluding hydrogens is 320 g/mol. The molecule has 1 aliphatic rings. The Labute approximate surface area is 128 Å². The minimum atomic E-state index is -0.145. The van der Waals surface area contributed by atoms with Crippen LogP contribution < -0.4 is 11.1 Å². The topological polar surface area (TPSA) is 64.3 Å². The summed E-state index contributed by atoms with van der Waals surface area (Å²) in [5.41, 5.74) is 6.83. The minimum absolute atomic E-state index is 0.00228. The Morgan fingerprint density at radius 2 is 2.05 bits per heavy atom. The molecule has 5 heteroatoms. The Balaban J connectivity index is 1.81. The highest BCUT2D eigenvalue weighted by Crippen LogP contribution is 2.22. The summed E-state index contributed by atoms with van der Waals surface area (Å²) >= 11 is 3.40. The zero-order chi connectivity index (χ0) is 14.4. The van der Waals surface area contributed by atoms with Crippen molar-refractivity contribution in [2.75, 3.05) is 11.9 Å². The second-order valence-electron chi connectivity index (χ2n) is 5.18. The zero-order valence-electron chi connectivity index (χ0n) is 11.5. The first-order valence-electron chi connectivity index (χ1n) is 7.08. The van der Waals surface area contributed by atoms with Gasteiger partial charge < -0.3 is 15.8 Å². The number of carbonyl (C=O) groups excluding carboxylic acids is 1. The number of nitrogens with one attached hydrogen (secondary N) is 1. The standard InChI is InChI=1S/C15H21BrN2O2/c16-11-6-4-5-8-13(11)18-15(19)10-20-14-9-3-1-2-7-12(14)17/h4-6,8,12,14H,1-3,7,9-10,17H2,(H,18,19). The first kappa shape index (κ1) is 15.5. The van der Waals surface area contributed by atoms with Crippen LogP contribution in [0.1, 0.15) is 32.1 Å². The molecule has 110 valence electrons. The second-order valence-corrected chi connectivity index (χ2v) is 6.03. The van der Waals surface area contributed by atoms with E-state index in [1.165, 1.54) is 6.42 Å². The summed E-state index contributed by atoms with van der Waals surface area (Å²) in [6.07, 6.45) is 5.42. The van der Waals surface area contributed by atoms with Crippen molar-refractivity contribution in [3.05, 3.63) is 28.7 Å². The first-order valence-corrected chi connectivity index (χ1v) is 7.87. The summed E-state index contributed by atoms with van der Waals surface area (Å²) in [5.74, 6) is -0.145. The molecule has 0 aromatic heterocycles. The third-order valence-corrected chi connectivity index (χ3v) is 4.27.